The lowest BCUT2D eigenvalue weighted by Gasteiger charge is -2.18. The number of benzene rings is 2. The second kappa shape index (κ2) is 10.8. The van der Waals surface area contributed by atoms with Crippen molar-refractivity contribution >= 4 is 33.3 Å². The smallest absolute Gasteiger partial charge is 0.267 e. The van der Waals surface area contributed by atoms with Crippen molar-refractivity contribution in [3.63, 3.8) is 0 Å². The van der Waals surface area contributed by atoms with Crippen LogP contribution in [0.4, 0.5) is 5.13 Å². The summed E-state index contributed by atoms with van der Waals surface area (Å²) in [6.45, 7) is 5.79. The molecule has 1 amide bonds. The van der Waals surface area contributed by atoms with Crippen LogP contribution in [0, 0.1) is 0 Å². The average molecular weight is 510 g/mol. The molecule has 0 radical (unpaired) electrons. The summed E-state index contributed by atoms with van der Waals surface area (Å²) in [5, 5.41) is 12.4. The summed E-state index contributed by atoms with van der Waals surface area (Å²) in [7, 11) is 3.06. The first kappa shape index (κ1) is 25.2. The largest absolute Gasteiger partial charge is 0.493 e. The van der Waals surface area contributed by atoms with E-state index < -0.39 is 12.0 Å². The van der Waals surface area contributed by atoms with Crippen molar-refractivity contribution in [3.8, 4) is 28.6 Å². The number of nitrogens with zero attached hydrogens (tertiary/aromatic N) is 2. The fraction of sp³-hybridized carbons (Fsp3) is 0.308. The quantitative estimate of drug-likeness (QED) is 0.326. The molecule has 0 fully saturated rings. The fourth-order valence-electron chi connectivity index (χ4n) is 3.57. The van der Waals surface area contributed by atoms with Crippen LogP contribution in [0.25, 0.3) is 22.3 Å². The highest BCUT2D eigenvalue weighted by Crippen LogP contribution is 2.37. The first-order chi connectivity index (χ1) is 17.4. The topological polar surface area (TPSA) is 113 Å². The van der Waals surface area contributed by atoms with Gasteiger partial charge in [-0.15, -0.1) is 10.2 Å². The van der Waals surface area contributed by atoms with Gasteiger partial charge in [0.05, 0.1) is 19.6 Å². The number of hydrogen-bond acceptors (Lipinski definition) is 9. The highest BCUT2D eigenvalue weighted by Gasteiger charge is 2.26. The molecule has 10 heteroatoms. The number of fused-ring (bicyclic) bond motifs is 1. The van der Waals surface area contributed by atoms with Gasteiger partial charge >= 0.3 is 0 Å². The van der Waals surface area contributed by atoms with Gasteiger partial charge in [-0.2, -0.15) is 0 Å². The summed E-state index contributed by atoms with van der Waals surface area (Å²) >= 11 is 1.30. The van der Waals surface area contributed by atoms with Gasteiger partial charge < -0.3 is 18.6 Å². The first-order valence-corrected chi connectivity index (χ1v) is 12.3. The third kappa shape index (κ3) is 5.03. The number of carbonyl (C=O) groups is 1. The molecule has 2 aromatic carbocycles. The first-order valence-electron chi connectivity index (χ1n) is 11.4. The second-order valence-electron chi connectivity index (χ2n) is 8.26. The van der Waals surface area contributed by atoms with Crippen molar-refractivity contribution in [2.75, 3.05) is 19.5 Å². The van der Waals surface area contributed by atoms with E-state index in [0.29, 0.717) is 39.6 Å². The molecule has 36 heavy (non-hydrogen) atoms. The van der Waals surface area contributed by atoms with Gasteiger partial charge in [-0.3, -0.25) is 14.9 Å². The van der Waals surface area contributed by atoms with E-state index in [1.807, 2.05) is 13.8 Å². The molecule has 0 saturated carbocycles. The number of aromatic nitrogens is 2. The van der Waals surface area contributed by atoms with Gasteiger partial charge in [-0.1, -0.05) is 44.2 Å². The predicted octanol–water partition coefficient (Wildman–Crippen LogP) is 5.25. The van der Waals surface area contributed by atoms with Gasteiger partial charge in [0.1, 0.15) is 10.6 Å². The van der Waals surface area contributed by atoms with Crippen LogP contribution in [0.2, 0.25) is 0 Å². The lowest BCUT2D eigenvalue weighted by molar-refractivity contribution is -0.122. The van der Waals surface area contributed by atoms with Crippen LogP contribution in [-0.4, -0.2) is 36.4 Å². The molecule has 0 spiro atoms. The van der Waals surface area contributed by atoms with Crippen LogP contribution in [0.1, 0.15) is 38.1 Å². The number of amides is 1. The van der Waals surface area contributed by atoms with E-state index in [2.05, 4.69) is 15.5 Å². The molecule has 1 unspecified atom stereocenters. The summed E-state index contributed by atoms with van der Waals surface area (Å²) < 4.78 is 23.0. The Morgan fingerprint density at radius 1 is 1.08 bits per heavy atom. The Morgan fingerprint density at radius 2 is 1.83 bits per heavy atom. The lowest BCUT2D eigenvalue weighted by atomic mass is 10.1. The summed E-state index contributed by atoms with van der Waals surface area (Å²) in [5.74, 6) is 0.855. The molecule has 0 aliphatic heterocycles. The average Bonchev–Trinajstić information content (AvgIpc) is 3.36. The van der Waals surface area contributed by atoms with Gasteiger partial charge in [0, 0.05) is 11.5 Å². The second-order valence-corrected chi connectivity index (χ2v) is 9.27. The molecule has 2 heterocycles. The van der Waals surface area contributed by atoms with Gasteiger partial charge in [0.15, 0.2) is 23.4 Å². The standard InChI is InChI=1S/C26H27N3O6S/c1-6-17(24(31)27-26-29-28-25(36-26)14(2)3)34-23-21(30)16-9-7-8-10-18(16)35-22(23)15-11-12-19(32-4)20(13-15)33-5/h7-14,17H,6H2,1-5H3,(H,27,29,31). The van der Waals surface area contributed by atoms with Crippen molar-refractivity contribution in [2.24, 2.45) is 0 Å². The molecule has 0 aliphatic rings. The van der Waals surface area contributed by atoms with Crippen molar-refractivity contribution in [1.29, 1.82) is 0 Å². The van der Waals surface area contributed by atoms with Crippen molar-refractivity contribution in [1.82, 2.24) is 10.2 Å². The van der Waals surface area contributed by atoms with Crippen molar-refractivity contribution < 1.29 is 23.4 Å². The molecule has 0 saturated heterocycles. The van der Waals surface area contributed by atoms with Crippen LogP contribution < -0.4 is 25.0 Å². The molecule has 4 aromatic rings. The third-order valence-corrected chi connectivity index (χ3v) is 6.63. The molecular weight excluding hydrogens is 482 g/mol. The molecular formula is C26H27N3O6S. The SMILES string of the molecule is CCC(Oc1c(-c2ccc(OC)c(OC)c2)oc2ccccc2c1=O)C(=O)Nc1nnc(C(C)C)s1. The van der Waals surface area contributed by atoms with Gasteiger partial charge in [-0.25, -0.2) is 0 Å². The predicted molar refractivity (Wildman–Crippen MR) is 138 cm³/mol. The zero-order chi connectivity index (χ0) is 25.8. The Bertz CT molecular complexity index is 1450. The number of ether oxygens (including phenoxy) is 3. The molecule has 4 rings (SSSR count). The minimum atomic E-state index is -0.973. The Labute approximate surface area is 212 Å². The summed E-state index contributed by atoms with van der Waals surface area (Å²) in [5.41, 5.74) is 0.546. The minimum absolute atomic E-state index is 0.0666. The van der Waals surface area contributed by atoms with Crippen LogP contribution in [0.15, 0.2) is 51.7 Å². The Morgan fingerprint density at radius 3 is 2.50 bits per heavy atom. The lowest BCUT2D eigenvalue weighted by Crippen LogP contribution is -2.34. The molecule has 1 atom stereocenters. The Kier molecular flexibility index (Phi) is 7.54. The molecule has 0 aliphatic carbocycles. The highest BCUT2D eigenvalue weighted by molar-refractivity contribution is 7.15. The highest BCUT2D eigenvalue weighted by atomic mass is 32.1. The number of methoxy groups -OCH3 is 2. The summed E-state index contributed by atoms with van der Waals surface area (Å²) in [6.07, 6.45) is -0.668. The van der Waals surface area contributed by atoms with Crippen molar-refractivity contribution in [2.45, 2.75) is 39.2 Å². The minimum Gasteiger partial charge on any atom is -0.493 e. The van der Waals surface area contributed by atoms with Crippen molar-refractivity contribution in [3.05, 3.63) is 57.7 Å². The zero-order valence-electron chi connectivity index (χ0n) is 20.7. The molecule has 2 aromatic heterocycles. The monoisotopic (exact) mass is 509 g/mol. The van der Waals surface area contributed by atoms with Crippen LogP contribution in [-0.2, 0) is 4.79 Å². The number of hydrogen-bond donors (Lipinski definition) is 1. The molecule has 1 N–H and O–H groups in total. The molecule has 9 nitrogen and oxygen atoms in total. The number of para-hydroxylation sites is 1. The van der Waals surface area contributed by atoms with E-state index in [-0.39, 0.29) is 22.9 Å². The number of nitrogens with one attached hydrogen (secondary N) is 1. The van der Waals surface area contributed by atoms with Crippen LogP contribution >= 0.6 is 11.3 Å². The zero-order valence-corrected chi connectivity index (χ0v) is 21.5. The van der Waals surface area contributed by atoms with E-state index >= 15 is 0 Å². The van der Waals surface area contributed by atoms with E-state index in [1.54, 1.807) is 49.4 Å². The van der Waals surface area contributed by atoms with E-state index in [1.165, 1.54) is 25.6 Å². The van der Waals surface area contributed by atoms with Crippen LogP contribution in [0.3, 0.4) is 0 Å². The number of carbonyl (C=O) groups excluding carboxylic acids is 1. The summed E-state index contributed by atoms with van der Waals surface area (Å²) in [6, 6.07) is 12.0. The maximum atomic E-state index is 13.5. The van der Waals surface area contributed by atoms with Crippen LogP contribution in [0.5, 0.6) is 17.2 Å². The van der Waals surface area contributed by atoms with E-state index in [4.69, 9.17) is 18.6 Å². The molecule has 0 bridgehead atoms. The number of anilines is 1. The maximum absolute atomic E-state index is 13.5. The summed E-state index contributed by atoms with van der Waals surface area (Å²) in [4.78, 5) is 26.6. The Hall–Kier alpha value is -3.92. The normalized spacial score (nSPS) is 11.9. The Balaban J connectivity index is 1.75. The van der Waals surface area contributed by atoms with E-state index in [0.717, 1.165) is 5.01 Å². The fourth-order valence-corrected chi connectivity index (χ4v) is 4.32. The maximum Gasteiger partial charge on any atom is 0.267 e. The number of rotatable bonds is 9. The van der Waals surface area contributed by atoms with Gasteiger partial charge in [0.2, 0.25) is 16.3 Å². The third-order valence-electron chi connectivity index (χ3n) is 5.49. The van der Waals surface area contributed by atoms with Gasteiger partial charge in [-0.05, 0) is 36.8 Å². The molecule has 188 valence electrons. The van der Waals surface area contributed by atoms with Gasteiger partial charge in [0.25, 0.3) is 5.91 Å². The van der Waals surface area contributed by atoms with E-state index in [9.17, 15) is 9.59 Å².